The Kier molecular flexibility index (Phi) is 4.82. The number of hydrogen-bond donors (Lipinski definition) is 1. The molecule has 1 aliphatic heterocycles. The molecule has 1 unspecified atom stereocenters. The van der Waals surface area contributed by atoms with Crippen LogP contribution in [0.25, 0.3) is 0 Å². The summed E-state index contributed by atoms with van der Waals surface area (Å²) in [5, 5.41) is 9.06. The number of carboxylic acids is 1. The number of aryl methyl sites for hydroxylation is 1. The van der Waals surface area contributed by atoms with Crippen LogP contribution in [-0.2, 0) is 21.2 Å². The highest BCUT2D eigenvalue weighted by Crippen LogP contribution is 2.23. The third-order valence-corrected chi connectivity index (χ3v) is 6.08. The number of rotatable bonds is 5. The minimum absolute atomic E-state index is 0.0700. The molecule has 0 bridgehead atoms. The zero-order valence-electron chi connectivity index (χ0n) is 10.8. The van der Waals surface area contributed by atoms with Gasteiger partial charge in [0, 0.05) is 11.0 Å². The smallest absolute Gasteiger partial charge is 0.322 e. The van der Waals surface area contributed by atoms with Gasteiger partial charge in [-0.05, 0) is 30.9 Å². The molecule has 5 nitrogen and oxygen atoms in total. The maximum atomic E-state index is 12.3. The summed E-state index contributed by atoms with van der Waals surface area (Å²) in [6, 6.07) is 6.53. The van der Waals surface area contributed by atoms with Gasteiger partial charge in [-0.2, -0.15) is 4.31 Å². The van der Waals surface area contributed by atoms with Gasteiger partial charge in [0.2, 0.25) is 10.0 Å². The molecule has 1 fully saturated rings. The van der Waals surface area contributed by atoms with Crippen LogP contribution in [0.3, 0.4) is 0 Å². The van der Waals surface area contributed by atoms with Crippen molar-refractivity contribution >= 4 is 31.9 Å². The number of benzene rings is 1. The van der Waals surface area contributed by atoms with E-state index in [0.29, 0.717) is 25.8 Å². The Morgan fingerprint density at radius 2 is 2.10 bits per heavy atom. The molecule has 20 heavy (non-hydrogen) atoms. The first-order valence-corrected chi connectivity index (χ1v) is 8.78. The third kappa shape index (κ3) is 3.39. The van der Waals surface area contributed by atoms with Gasteiger partial charge in [-0.25, -0.2) is 8.42 Å². The van der Waals surface area contributed by atoms with Gasteiger partial charge in [0.15, 0.2) is 0 Å². The Morgan fingerprint density at radius 1 is 1.40 bits per heavy atom. The van der Waals surface area contributed by atoms with Crippen molar-refractivity contribution in [1.82, 2.24) is 4.31 Å². The summed E-state index contributed by atoms with van der Waals surface area (Å²) in [5.41, 5.74) is 0.905. The van der Waals surface area contributed by atoms with Gasteiger partial charge < -0.3 is 5.11 Å². The first-order valence-electron chi connectivity index (χ1n) is 6.37. The first-order chi connectivity index (χ1) is 9.42. The number of aliphatic carboxylic acids is 1. The van der Waals surface area contributed by atoms with Crippen LogP contribution in [0.1, 0.15) is 18.4 Å². The van der Waals surface area contributed by atoms with Gasteiger partial charge in [-0.3, -0.25) is 4.79 Å². The Hall–Kier alpha value is -0.920. The van der Waals surface area contributed by atoms with E-state index in [1.807, 2.05) is 24.3 Å². The third-order valence-electron chi connectivity index (χ3n) is 3.43. The summed E-state index contributed by atoms with van der Waals surface area (Å²) in [7, 11) is -3.54. The number of carboxylic acid groups (broad SMARTS) is 1. The van der Waals surface area contributed by atoms with Crippen LogP contribution in [0.4, 0.5) is 0 Å². The zero-order valence-corrected chi connectivity index (χ0v) is 13.2. The summed E-state index contributed by atoms with van der Waals surface area (Å²) < 4.78 is 26.6. The van der Waals surface area contributed by atoms with Crippen molar-refractivity contribution in [3.05, 3.63) is 34.3 Å². The van der Waals surface area contributed by atoms with Gasteiger partial charge in [-0.1, -0.05) is 34.1 Å². The minimum Gasteiger partial charge on any atom is -0.480 e. The van der Waals surface area contributed by atoms with Crippen LogP contribution in [0.15, 0.2) is 28.7 Å². The second-order valence-corrected chi connectivity index (χ2v) is 7.66. The van der Waals surface area contributed by atoms with Crippen LogP contribution < -0.4 is 0 Å². The number of hydrogen-bond acceptors (Lipinski definition) is 3. The molecule has 110 valence electrons. The standard InChI is InChI=1S/C13H16BrNO4S/c14-11-5-2-1-4-10(11)7-9-20(18,19)15-8-3-6-12(15)13(16)17/h1-2,4-5,12H,3,6-9H2,(H,16,17). The van der Waals surface area contributed by atoms with E-state index in [9.17, 15) is 13.2 Å². The molecule has 1 aliphatic rings. The lowest BCUT2D eigenvalue weighted by atomic mass is 10.2. The molecular formula is C13H16BrNO4S. The molecule has 1 aromatic rings. The SMILES string of the molecule is O=C(O)C1CCCN1S(=O)(=O)CCc1ccccc1Br. The van der Waals surface area contributed by atoms with Crippen molar-refractivity contribution in [2.24, 2.45) is 0 Å². The molecule has 1 atom stereocenters. The van der Waals surface area contributed by atoms with E-state index in [1.54, 1.807) is 0 Å². The number of halogens is 1. The second-order valence-electron chi connectivity index (χ2n) is 4.76. The Bertz CT molecular complexity index is 602. The van der Waals surface area contributed by atoms with Gasteiger partial charge in [0.25, 0.3) is 0 Å². The van der Waals surface area contributed by atoms with Crippen LogP contribution in [0.5, 0.6) is 0 Å². The molecule has 1 heterocycles. The fraction of sp³-hybridized carbons (Fsp3) is 0.462. The van der Waals surface area contributed by atoms with Crippen molar-refractivity contribution in [2.75, 3.05) is 12.3 Å². The zero-order chi connectivity index (χ0) is 14.8. The molecule has 7 heteroatoms. The summed E-state index contributed by atoms with van der Waals surface area (Å²) in [6.07, 6.45) is 1.36. The molecule has 0 saturated carbocycles. The highest BCUT2D eigenvalue weighted by molar-refractivity contribution is 9.10. The van der Waals surface area contributed by atoms with E-state index < -0.39 is 22.0 Å². The van der Waals surface area contributed by atoms with Gasteiger partial charge in [0.05, 0.1) is 5.75 Å². The van der Waals surface area contributed by atoms with E-state index >= 15 is 0 Å². The van der Waals surface area contributed by atoms with E-state index in [-0.39, 0.29) is 5.75 Å². The van der Waals surface area contributed by atoms with Gasteiger partial charge in [0.1, 0.15) is 6.04 Å². The molecule has 0 radical (unpaired) electrons. The summed E-state index contributed by atoms with van der Waals surface area (Å²) in [4.78, 5) is 11.1. The van der Waals surface area contributed by atoms with Crippen LogP contribution >= 0.6 is 15.9 Å². The summed E-state index contributed by atoms with van der Waals surface area (Å²) in [6.45, 7) is 0.301. The van der Waals surface area contributed by atoms with Crippen LogP contribution in [-0.4, -0.2) is 42.1 Å². The van der Waals surface area contributed by atoms with Crippen LogP contribution in [0, 0.1) is 0 Å². The molecule has 1 aromatic carbocycles. The lowest BCUT2D eigenvalue weighted by Crippen LogP contribution is -2.41. The lowest BCUT2D eigenvalue weighted by Gasteiger charge is -2.21. The highest BCUT2D eigenvalue weighted by Gasteiger charge is 2.38. The first kappa shape index (κ1) is 15.5. The predicted octanol–water partition coefficient (Wildman–Crippen LogP) is 1.87. The number of nitrogens with zero attached hydrogens (tertiary/aromatic N) is 1. The van der Waals surface area contributed by atoms with E-state index in [0.717, 1.165) is 14.3 Å². The lowest BCUT2D eigenvalue weighted by molar-refractivity contribution is -0.140. The number of carbonyl (C=O) groups is 1. The molecule has 2 rings (SSSR count). The molecule has 0 spiro atoms. The van der Waals surface area contributed by atoms with Gasteiger partial charge >= 0.3 is 5.97 Å². The van der Waals surface area contributed by atoms with E-state index in [4.69, 9.17) is 5.11 Å². The molecule has 0 amide bonds. The van der Waals surface area contributed by atoms with Crippen molar-refractivity contribution in [1.29, 1.82) is 0 Å². The largest absolute Gasteiger partial charge is 0.480 e. The topological polar surface area (TPSA) is 74.7 Å². The summed E-state index contributed by atoms with van der Waals surface area (Å²) >= 11 is 3.38. The fourth-order valence-corrected chi connectivity index (χ4v) is 4.56. The highest BCUT2D eigenvalue weighted by atomic mass is 79.9. The van der Waals surface area contributed by atoms with Crippen molar-refractivity contribution in [3.8, 4) is 0 Å². The monoisotopic (exact) mass is 361 g/mol. The summed E-state index contributed by atoms with van der Waals surface area (Å²) in [5.74, 6) is -1.13. The fourth-order valence-electron chi connectivity index (χ4n) is 2.38. The van der Waals surface area contributed by atoms with E-state index in [1.165, 1.54) is 0 Å². The molecule has 0 aromatic heterocycles. The van der Waals surface area contributed by atoms with Crippen molar-refractivity contribution < 1.29 is 18.3 Å². The Balaban J connectivity index is 2.08. The normalized spacial score (nSPS) is 20.1. The Labute approximate surface area is 126 Å². The Morgan fingerprint density at radius 3 is 2.75 bits per heavy atom. The average molecular weight is 362 g/mol. The van der Waals surface area contributed by atoms with Crippen molar-refractivity contribution in [3.63, 3.8) is 0 Å². The quantitative estimate of drug-likeness (QED) is 0.868. The maximum Gasteiger partial charge on any atom is 0.322 e. The average Bonchev–Trinajstić information content (AvgIpc) is 2.88. The number of sulfonamides is 1. The predicted molar refractivity (Wildman–Crippen MR) is 79.0 cm³/mol. The minimum atomic E-state index is -3.54. The van der Waals surface area contributed by atoms with Crippen LogP contribution in [0.2, 0.25) is 0 Å². The molecule has 0 aliphatic carbocycles. The second kappa shape index (κ2) is 6.24. The molecular weight excluding hydrogens is 346 g/mol. The van der Waals surface area contributed by atoms with E-state index in [2.05, 4.69) is 15.9 Å². The molecule has 1 saturated heterocycles. The molecule has 1 N–H and O–H groups in total. The van der Waals surface area contributed by atoms with Gasteiger partial charge in [-0.15, -0.1) is 0 Å². The maximum absolute atomic E-state index is 12.3. The van der Waals surface area contributed by atoms with Crippen molar-refractivity contribution in [2.45, 2.75) is 25.3 Å².